The van der Waals surface area contributed by atoms with E-state index >= 15 is 0 Å². The third-order valence-electron chi connectivity index (χ3n) is 10.9. The molecule has 0 rings (SSSR count). The Labute approximate surface area is 359 Å². The largest absolute Gasteiger partial charge is 0.462 e. The van der Waals surface area contributed by atoms with Crippen LogP contribution in [0.3, 0.4) is 0 Å². The predicted octanol–water partition coefficient (Wildman–Crippen LogP) is 16.1. The Morgan fingerprint density at radius 2 is 0.638 bits per heavy atom. The average molecular weight is 815 g/mol. The van der Waals surface area contributed by atoms with E-state index < -0.39 is 6.10 Å². The number of rotatable bonds is 45. The molecule has 0 heterocycles. The van der Waals surface area contributed by atoms with Gasteiger partial charge in [-0.15, -0.1) is 0 Å². The Kier molecular flexibility index (Phi) is 45.4. The van der Waals surface area contributed by atoms with E-state index in [1.165, 1.54) is 128 Å². The summed E-state index contributed by atoms with van der Waals surface area (Å²) in [6.45, 7) is 6.57. The molecule has 0 spiro atoms. The van der Waals surface area contributed by atoms with Gasteiger partial charge in [0.2, 0.25) is 0 Å². The molecule has 0 radical (unpaired) electrons. The number of unbranched alkanes of at least 4 members (excludes halogenated alkanes) is 29. The first-order valence-corrected chi connectivity index (χ1v) is 25.0. The highest BCUT2D eigenvalue weighted by molar-refractivity contribution is 5.71. The Bertz CT molecular complexity index is 984. The minimum absolute atomic E-state index is 0.0843. The van der Waals surface area contributed by atoms with Gasteiger partial charge in [-0.3, -0.25) is 14.4 Å². The second-order valence-electron chi connectivity index (χ2n) is 16.8. The van der Waals surface area contributed by atoms with Crippen molar-refractivity contribution in [2.45, 2.75) is 264 Å². The van der Waals surface area contributed by atoms with Gasteiger partial charge in [0.25, 0.3) is 0 Å². The Balaban J connectivity index is 4.38. The van der Waals surface area contributed by atoms with E-state index in [4.69, 9.17) is 14.2 Å². The highest BCUT2D eigenvalue weighted by Gasteiger charge is 2.19. The van der Waals surface area contributed by atoms with Gasteiger partial charge >= 0.3 is 17.9 Å². The maximum Gasteiger partial charge on any atom is 0.306 e. The predicted molar refractivity (Wildman–Crippen MR) is 247 cm³/mol. The van der Waals surface area contributed by atoms with Gasteiger partial charge in [0.1, 0.15) is 13.2 Å². The van der Waals surface area contributed by atoms with Crippen LogP contribution in [0, 0.1) is 0 Å². The quantitative estimate of drug-likeness (QED) is 0.0200. The zero-order valence-corrected chi connectivity index (χ0v) is 38.6. The van der Waals surface area contributed by atoms with Gasteiger partial charge in [0.05, 0.1) is 0 Å². The normalized spacial score (nSPS) is 12.3. The fourth-order valence-electron chi connectivity index (χ4n) is 7.06. The minimum atomic E-state index is -0.782. The zero-order chi connectivity index (χ0) is 42.3. The summed E-state index contributed by atoms with van der Waals surface area (Å²) in [6, 6.07) is 0. The fourth-order valence-corrected chi connectivity index (χ4v) is 7.06. The molecular formula is C52H94O6. The molecular weight excluding hydrogens is 721 g/mol. The lowest BCUT2D eigenvalue weighted by Gasteiger charge is -2.18. The molecule has 6 nitrogen and oxygen atoms in total. The van der Waals surface area contributed by atoms with E-state index in [1.54, 1.807) is 0 Å². The van der Waals surface area contributed by atoms with E-state index in [-0.39, 0.29) is 31.1 Å². The maximum absolute atomic E-state index is 12.8. The molecule has 6 heteroatoms. The van der Waals surface area contributed by atoms with E-state index in [0.29, 0.717) is 19.3 Å². The number of carbonyl (C=O) groups is 3. The summed E-state index contributed by atoms with van der Waals surface area (Å²) in [6.07, 6.45) is 54.1. The fraction of sp³-hybridized carbons (Fsp3) is 0.827. The summed E-state index contributed by atoms with van der Waals surface area (Å²) in [7, 11) is 0. The molecule has 0 aromatic rings. The molecule has 0 saturated carbocycles. The van der Waals surface area contributed by atoms with Crippen LogP contribution >= 0.6 is 0 Å². The van der Waals surface area contributed by atoms with Crippen molar-refractivity contribution in [3.8, 4) is 0 Å². The number of ether oxygens (including phenoxy) is 3. The molecule has 0 aromatic carbocycles. The first kappa shape index (κ1) is 55.6. The van der Waals surface area contributed by atoms with Crippen LogP contribution in [0.15, 0.2) is 36.5 Å². The van der Waals surface area contributed by atoms with Crippen molar-refractivity contribution in [3.05, 3.63) is 36.5 Å². The molecule has 0 bridgehead atoms. The van der Waals surface area contributed by atoms with Crippen molar-refractivity contribution in [1.29, 1.82) is 0 Å². The lowest BCUT2D eigenvalue weighted by Crippen LogP contribution is -2.30. The standard InChI is InChI=1S/C52H94O6/c1-4-7-10-13-16-19-22-24-26-27-29-30-33-36-39-42-45-51(54)57-48-49(47-56-50(53)44-41-38-35-32-21-18-15-12-9-6-3)58-52(55)46-43-40-37-34-31-28-25-23-20-17-14-11-8-5-2/h15,18,26-27,29-30,49H,4-14,16-17,19-25,28,31-48H2,1-3H3/b18-15-,27-26-,30-29-. The van der Waals surface area contributed by atoms with Crippen LogP contribution in [0.4, 0.5) is 0 Å². The van der Waals surface area contributed by atoms with Gasteiger partial charge in [0.15, 0.2) is 6.10 Å². The number of allylic oxidation sites excluding steroid dienone is 6. The van der Waals surface area contributed by atoms with E-state index in [0.717, 1.165) is 89.9 Å². The summed E-state index contributed by atoms with van der Waals surface area (Å²) in [5.74, 6) is -0.916. The van der Waals surface area contributed by atoms with Crippen LogP contribution < -0.4 is 0 Å². The number of hydrogen-bond donors (Lipinski definition) is 0. The molecule has 0 amide bonds. The molecule has 0 aliphatic carbocycles. The van der Waals surface area contributed by atoms with Crippen LogP contribution in [0.1, 0.15) is 258 Å². The molecule has 0 aliphatic heterocycles. The monoisotopic (exact) mass is 815 g/mol. The van der Waals surface area contributed by atoms with Crippen molar-refractivity contribution in [1.82, 2.24) is 0 Å². The Morgan fingerprint density at radius 1 is 0.345 bits per heavy atom. The Hall–Kier alpha value is -2.37. The molecule has 0 saturated heterocycles. The third kappa shape index (κ3) is 44.7. The van der Waals surface area contributed by atoms with Gasteiger partial charge in [0, 0.05) is 19.3 Å². The summed E-state index contributed by atoms with van der Waals surface area (Å²) < 4.78 is 16.7. The van der Waals surface area contributed by atoms with Gasteiger partial charge in [-0.05, 0) is 64.2 Å². The Morgan fingerprint density at radius 3 is 1.03 bits per heavy atom. The summed E-state index contributed by atoms with van der Waals surface area (Å²) in [4.78, 5) is 37.8. The smallest absolute Gasteiger partial charge is 0.306 e. The lowest BCUT2D eigenvalue weighted by atomic mass is 10.0. The number of carbonyl (C=O) groups excluding carboxylic acids is 3. The van der Waals surface area contributed by atoms with Gasteiger partial charge in [-0.25, -0.2) is 0 Å². The van der Waals surface area contributed by atoms with Gasteiger partial charge in [-0.2, -0.15) is 0 Å². The highest BCUT2D eigenvalue weighted by Crippen LogP contribution is 2.15. The van der Waals surface area contributed by atoms with Crippen molar-refractivity contribution in [2.75, 3.05) is 13.2 Å². The van der Waals surface area contributed by atoms with E-state index in [9.17, 15) is 14.4 Å². The highest BCUT2D eigenvalue weighted by atomic mass is 16.6. The van der Waals surface area contributed by atoms with Crippen LogP contribution in [-0.2, 0) is 28.6 Å². The number of esters is 3. The second-order valence-corrected chi connectivity index (χ2v) is 16.8. The molecule has 0 fully saturated rings. The van der Waals surface area contributed by atoms with E-state index in [1.807, 2.05) is 0 Å². The first-order valence-electron chi connectivity index (χ1n) is 25.0. The molecule has 0 aromatic heterocycles. The SMILES string of the molecule is CCCC/C=C\CCCCCCC(=O)OCC(COC(=O)CCCCC/C=C\C=C/CCCCCCCCC)OC(=O)CCCCCCCCCCCCCCCC. The van der Waals surface area contributed by atoms with E-state index in [2.05, 4.69) is 57.2 Å². The summed E-state index contributed by atoms with van der Waals surface area (Å²) in [5, 5.41) is 0. The van der Waals surface area contributed by atoms with Crippen molar-refractivity contribution in [2.24, 2.45) is 0 Å². The molecule has 338 valence electrons. The molecule has 0 N–H and O–H groups in total. The third-order valence-corrected chi connectivity index (χ3v) is 10.9. The van der Waals surface area contributed by atoms with Gasteiger partial charge in [-0.1, -0.05) is 211 Å². The van der Waals surface area contributed by atoms with Gasteiger partial charge < -0.3 is 14.2 Å². The molecule has 1 unspecified atom stereocenters. The summed E-state index contributed by atoms with van der Waals surface area (Å²) >= 11 is 0. The van der Waals surface area contributed by atoms with Crippen molar-refractivity contribution in [3.63, 3.8) is 0 Å². The van der Waals surface area contributed by atoms with Crippen LogP contribution in [0.5, 0.6) is 0 Å². The second kappa shape index (κ2) is 47.3. The van der Waals surface area contributed by atoms with Crippen LogP contribution in [0.2, 0.25) is 0 Å². The van der Waals surface area contributed by atoms with Crippen LogP contribution in [0.25, 0.3) is 0 Å². The minimum Gasteiger partial charge on any atom is -0.462 e. The average Bonchev–Trinajstić information content (AvgIpc) is 3.22. The maximum atomic E-state index is 12.8. The zero-order valence-electron chi connectivity index (χ0n) is 38.6. The number of hydrogen-bond acceptors (Lipinski definition) is 6. The summed E-state index contributed by atoms with van der Waals surface area (Å²) in [5.41, 5.74) is 0. The van der Waals surface area contributed by atoms with Crippen molar-refractivity contribution >= 4 is 17.9 Å². The molecule has 58 heavy (non-hydrogen) atoms. The molecule has 1 atom stereocenters. The first-order chi connectivity index (χ1) is 28.5. The lowest BCUT2D eigenvalue weighted by molar-refractivity contribution is -0.167. The van der Waals surface area contributed by atoms with Crippen LogP contribution in [-0.4, -0.2) is 37.2 Å². The molecule has 0 aliphatic rings. The topological polar surface area (TPSA) is 78.9 Å². The van der Waals surface area contributed by atoms with Crippen molar-refractivity contribution < 1.29 is 28.6 Å².